The van der Waals surface area contributed by atoms with Gasteiger partial charge < -0.3 is 18.9 Å². The van der Waals surface area contributed by atoms with E-state index in [0.717, 1.165) is 22.3 Å². The number of rotatable bonds is 12. The largest absolute Gasteiger partial charge is 0.368 e. The second-order valence-corrected chi connectivity index (χ2v) is 9.43. The van der Waals surface area contributed by atoms with E-state index in [4.69, 9.17) is 18.9 Å². The molecule has 0 aliphatic heterocycles. The molecule has 4 atom stereocenters. The number of ether oxygens (including phenoxy) is 4. The lowest BCUT2D eigenvalue weighted by Crippen LogP contribution is -2.51. The van der Waals surface area contributed by atoms with Crippen molar-refractivity contribution in [1.29, 1.82) is 0 Å². The van der Waals surface area contributed by atoms with Crippen LogP contribution in [0.4, 0.5) is 0 Å². The first-order valence-electron chi connectivity index (χ1n) is 13.2. The van der Waals surface area contributed by atoms with Gasteiger partial charge in [0.1, 0.15) is 24.4 Å². The summed E-state index contributed by atoms with van der Waals surface area (Å²) in [5.74, 6) is 0. The van der Waals surface area contributed by atoms with Crippen molar-refractivity contribution in [2.45, 2.75) is 50.8 Å². The summed E-state index contributed by atoms with van der Waals surface area (Å²) < 4.78 is 26.0. The number of hydrogen-bond acceptors (Lipinski definition) is 4. The van der Waals surface area contributed by atoms with Gasteiger partial charge in [-0.2, -0.15) is 0 Å². The van der Waals surface area contributed by atoms with Crippen LogP contribution in [0.3, 0.4) is 0 Å². The molecule has 5 rings (SSSR count). The molecule has 0 radical (unpaired) electrons. The summed E-state index contributed by atoms with van der Waals surface area (Å²) in [6.07, 6.45) is 2.86. The Morgan fingerprint density at radius 1 is 0.342 bits per heavy atom. The van der Waals surface area contributed by atoms with Gasteiger partial charge in [0.25, 0.3) is 0 Å². The van der Waals surface area contributed by atoms with Crippen LogP contribution in [0, 0.1) is 0 Å². The molecule has 4 aromatic rings. The number of hydrogen-bond donors (Lipinski definition) is 0. The van der Waals surface area contributed by atoms with E-state index in [1.54, 1.807) is 0 Å². The molecule has 4 aromatic carbocycles. The molecule has 4 heteroatoms. The molecule has 194 valence electrons. The van der Waals surface area contributed by atoms with Crippen molar-refractivity contribution in [3.8, 4) is 0 Å². The molecule has 0 amide bonds. The highest BCUT2D eigenvalue weighted by Crippen LogP contribution is 2.28. The van der Waals surface area contributed by atoms with Crippen molar-refractivity contribution in [1.82, 2.24) is 0 Å². The first kappa shape index (κ1) is 26.1. The third-order valence-electron chi connectivity index (χ3n) is 6.60. The highest BCUT2D eigenvalue weighted by atomic mass is 16.6. The molecular weight excluding hydrogens is 472 g/mol. The molecule has 0 aromatic heterocycles. The van der Waals surface area contributed by atoms with Crippen molar-refractivity contribution < 1.29 is 18.9 Å². The molecule has 1 aliphatic carbocycles. The first-order valence-corrected chi connectivity index (χ1v) is 13.2. The Labute approximate surface area is 225 Å². The Kier molecular flexibility index (Phi) is 9.50. The maximum atomic E-state index is 6.57. The maximum Gasteiger partial charge on any atom is 0.117 e. The monoisotopic (exact) mass is 506 g/mol. The van der Waals surface area contributed by atoms with Gasteiger partial charge in [0.05, 0.1) is 26.4 Å². The third kappa shape index (κ3) is 7.50. The van der Waals surface area contributed by atoms with Gasteiger partial charge >= 0.3 is 0 Å². The quantitative estimate of drug-likeness (QED) is 0.196. The predicted octanol–water partition coefficient (Wildman–Crippen LogP) is 6.90. The maximum absolute atomic E-state index is 6.57. The Morgan fingerprint density at radius 2 is 0.605 bits per heavy atom. The Bertz CT molecular complexity index is 1130. The molecule has 38 heavy (non-hydrogen) atoms. The fraction of sp³-hybridized carbons (Fsp3) is 0.235. The summed E-state index contributed by atoms with van der Waals surface area (Å²) in [5.41, 5.74) is 4.44. The summed E-state index contributed by atoms with van der Waals surface area (Å²) in [6, 6.07) is 40.8. The minimum atomic E-state index is -0.353. The van der Waals surface area contributed by atoms with E-state index in [0.29, 0.717) is 26.4 Å². The standard InChI is InChI=1S/C34H34O4/c1-5-13-27(14-6-1)23-35-31-21-22-32(36-24-28-15-7-2-8-16-28)34(38-26-30-19-11-4-12-20-30)33(31)37-25-29-17-9-3-10-18-29/h1-22,31-34H,23-26H2/t31-,32+,33-,34-/m1/s1. The fourth-order valence-electron chi connectivity index (χ4n) is 4.56. The van der Waals surface area contributed by atoms with Gasteiger partial charge in [-0.3, -0.25) is 0 Å². The smallest absolute Gasteiger partial charge is 0.117 e. The van der Waals surface area contributed by atoms with E-state index in [2.05, 4.69) is 60.7 Å². The molecular formula is C34H34O4. The van der Waals surface area contributed by atoms with Crippen LogP contribution < -0.4 is 0 Å². The second-order valence-electron chi connectivity index (χ2n) is 9.43. The molecule has 0 N–H and O–H groups in total. The molecule has 0 heterocycles. The Balaban J connectivity index is 1.37. The van der Waals surface area contributed by atoms with Crippen LogP contribution in [0.2, 0.25) is 0 Å². The van der Waals surface area contributed by atoms with Gasteiger partial charge in [0, 0.05) is 0 Å². The van der Waals surface area contributed by atoms with E-state index in [1.807, 2.05) is 72.8 Å². The molecule has 1 aliphatic rings. The average Bonchev–Trinajstić information content (AvgIpc) is 2.99. The van der Waals surface area contributed by atoms with Gasteiger partial charge in [-0.25, -0.2) is 0 Å². The normalized spacial score (nSPS) is 20.8. The van der Waals surface area contributed by atoms with Crippen LogP contribution in [-0.4, -0.2) is 24.4 Å². The van der Waals surface area contributed by atoms with E-state index >= 15 is 0 Å². The zero-order valence-corrected chi connectivity index (χ0v) is 21.5. The first-order chi connectivity index (χ1) is 18.8. The zero-order chi connectivity index (χ0) is 25.8. The molecule has 0 unspecified atom stereocenters. The van der Waals surface area contributed by atoms with Crippen molar-refractivity contribution in [3.63, 3.8) is 0 Å². The van der Waals surface area contributed by atoms with Crippen molar-refractivity contribution >= 4 is 0 Å². The third-order valence-corrected chi connectivity index (χ3v) is 6.60. The van der Waals surface area contributed by atoms with E-state index in [-0.39, 0.29) is 24.4 Å². The van der Waals surface area contributed by atoms with Gasteiger partial charge in [0.15, 0.2) is 0 Å². The lowest BCUT2D eigenvalue weighted by atomic mass is 9.95. The van der Waals surface area contributed by atoms with Crippen LogP contribution >= 0.6 is 0 Å². The van der Waals surface area contributed by atoms with Gasteiger partial charge in [-0.15, -0.1) is 0 Å². The van der Waals surface area contributed by atoms with Crippen LogP contribution in [-0.2, 0) is 45.4 Å². The van der Waals surface area contributed by atoms with Gasteiger partial charge in [-0.05, 0) is 22.3 Å². The SMILES string of the molecule is C1=C[C@@H](OCc2ccccc2)[C@@H](OCc2ccccc2)[C@H](OCc2ccccc2)[C@H]1OCc1ccccc1. The van der Waals surface area contributed by atoms with Crippen molar-refractivity contribution in [3.05, 3.63) is 156 Å². The summed E-state index contributed by atoms with van der Waals surface area (Å²) in [6.45, 7) is 1.90. The van der Waals surface area contributed by atoms with E-state index in [1.165, 1.54) is 0 Å². The summed E-state index contributed by atoms with van der Waals surface area (Å²) in [4.78, 5) is 0. The minimum absolute atomic E-state index is 0.281. The molecule has 4 nitrogen and oxygen atoms in total. The summed E-state index contributed by atoms with van der Waals surface area (Å²) in [7, 11) is 0. The minimum Gasteiger partial charge on any atom is -0.368 e. The highest BCUT2D eigenvalue weighted by molar-refractivity contribution is 5.18. The van der Waals surface area contributed by atoms with Crippen molar-refractivity contribution in [2.75, 3.05) is 0 Å². The molecule has 0 saturated heterocycles. The Morgan fingerprint density at radius 3 is 0.895 bits per heavy atom. The molecule has 0 fully saturated rings. The van der Waals surface area contributed by atoms with E-state index < -0.39 is 0 Å². The Hall–Kier alpha value is -3.54. The van der Waals surface area contributed by atoms with Crippen LogP contribution in [0.5, 0.6) is 0 Å². The van der Waals surface area contributed by atoms with Crippen LogP contribution in [0.15, 0.2) is 133 Å². The van der Waals surface area contributed by atoms with Crippen LogP contribution in [0.1, 0.15) is 22.3 Å². The van der Waals surface area contributed by atoms with Crippen molar-refractivity contribution in [2.24, 2.45) is 0 Å². The van der Waals surface area contributed by atoms with Crippen LogP contribution in [0.25, 0.3) is 0 Å². The van der Waals surface area contributed by atoms with E-state index in [9.17, 15) is 0 Å². The zero-order valence-electron chi connectivity index (χ0n) is 21.5. The summed E-state index contributed by atoms with van der Waals surface area (Å²) >= 11 is 0. The lowest BCUT2D eigenvalue weighted by Gasteiger charge is -2.39. The molecule has 0 bridgehead atoms. The summed E-state index contributed by atoms with van der Waals surface area (Å²) in [5, 5.41) is 0. The molecule has 0 spiro atoms. The average molecular weight is 507 g/mol. The van der Waals surface area contributed by atoms with Gasteiger partial charge in [-0.1, -0.05) is 133 Å². The molecule has 0 saturated carbocycles. The topological polar surface area (TPSA) is 36.9 Å². The lowest BCUT2D eigenvalue weighted by molar-refractivity contribution is -0.178. The number of benzene rings is 4. The fourth-order valence-corrected chi connectivity index (χ4v) is 4.56. The predicted molar refractivity (Wildman–Crippen MR) is 149 cm³/mol. The van der Waals surface area contributed by atoms with Gasteiger partial charge in [0.2, 0.25) is 0 Å². The second kappa shape index (κ2) is 13.8. The highest BCUT2D eigenvalue weighted by Gasteiger charge is 2.39.